The standard InChI is InChI=1S/C12H18N4O3S2/c1-6-8(3)20-11(14-6)12(4,5)16-21(17,18)9-7(2)19-15-10(9)13/h16H,1-5H3,(H2,13,15). The van der Waals surface area contributed by atoms with Crippen molar-refractivity contribution in [3.63, 3.8) is 0 Å². The van der Waals surface area contributed by atoms with Crippen LogP contribution in [0, 0.1) is 20.8 Å². The molecule has 0 saturated heterocycles. The summed E-state index contributed by atoms with van der Waals surface area (Å²) in [5, 5.41) is 4.16. The number of aryl methyl sites for hydroxylation is 3. The van der Waals surface area contributed by atoms with E-state index in [-0.39, 0.29) is 16.5 Å². The molecule has 2 heterocycles. The molecule has 0 radical (unpaired) electrons. The maximum absolute atomic E-state index is 12.5. The van der Waals surface area contributed by atoms with Gasteiger partial charge < -0.3 is 10.3 Å². The van der Waals surface area contributed by atoms with E-state index in [9.17, 15) is 8.42 Å². The van der Waals surface area contributed by atoms with Crippen LogP contribution in [0.25, 0.3) is 0 Å². The van der Waals surface area contributed by atoms with Crippen molar-refractivity contribution >= 4 is 27.2 Å². The van der Waals surface area contributed by atoms with Crippen LogP contribution in [0.15, 0.2) is 9.42 Å². The SMILES string of the molecule is Cc1nc(C(C)(C)NS(=O)(=O)c2c(N)noc2C)sc1C. The van der Waals surface area contributed by atoms with E-state index in [0.717, 1.165) is 10.6 Å². The third kappa shape index (κ3) is 2.94. The van der Waals surface area contributed by atoms with Gasteiger partial charge in [-0.2, -0.15) is 4.72 Å². The quantitative estimate of drug-likeness (QED) is 0.885. The molecule has 0 bridgehead atoms. The van der Waals surface area contributed by atoms with Crippen LogP contribution in [0.2, 0.25) is 0 Å². The zero-order chi connectivity index (χ0) is 16.0. The zero-order valence-electron chi connectivity index (χ0n) is 12.5. The number of aromatic nitrogens is 2. The van der Waals surface area contributed by atoms with Gasteiger partial charge in [-0.05, 0) is 34.6 Å². The summed E-state index contributed by atoms with van der Waals surface area (Å²) in [5.41, 5.74) is 5.61. The minimum absolute atomic E-state index is 0.124. The molecule has 0 aromatic carbocycles. The minimum atomic E-state index is -3.85. The van der Waals surface area contributed by atoms with Gasteiger partial charge in [0.1, 0.15) is 5.01 Å². The van der Waals surface area contributed by atoms with Crippen molar-refractivity contribution in [2.75, 3.05) is 5.73 Å². The van der Waals surface area contributed by atoms with E-state index in [1.54, 1.807) is 13.8 Å². The molecular weight excluding hydrogens is 312 g/mol. The van der Waals surface area contributed by atoms with Crippen molar-refractivity contribution < 1.29 is 12.9 Å². The fraction of sp³-hybridized carbons (Fsp3) is 0.500. The third-order valence-electron chi connectivity index (χ3n) is 3.05. The van der Waals surface area contributed by atoms with E-state index < -0.39 is 15.6 Å². The molecular formula is C12H18N4O3S2. The number of thiazole rings is 1. The predicted molar refractivity (Wildman–Crippen MR) is 80.6 cm³/mol. The second-order valence-electron chi connectivity index (χ2n) is 5.34. The number of nitrogens with two attached hydrogens (primary N) is 1. The first-order valence-electron chi connectivity index (χ1n) is 6.25. The topological polar surface area (TPSA) is 111 Å². The highest BCUT2D eigenvalue weighted by molar-refractivity contribution is 7.89. The first-order valence-corrected chi connectivity index (χ1v) is 8.55. The molecule has 2 rings (SSSR count). The van der Waals surface area contributed by atoms with Gasteiger partial charge in [-0.15, -0.1) is 11.3 Å². The molecule has 9 heteroatoms. The number of sulfonamides is 1. The number of rotatable bonds is 4. The molecule has 2 aromatic heterocycles. The Morgan fingerprint density at radius 3 is 2.33 bits per heavy atom. The highest BCUT2D eigenvalue weighted by atomic mass is 32.2. The van der Waals surface area contributed by atoms with Crippen molar-refractivity contribution in [3.8, 4) is 0 Å². The number of hydrogen-bond acceptors (Lipinski definition) is 7. The highest BCUT2D eigenvalue weighted by Gasteiger charge is 2.34. The Morgan fingerprint density at radius 1 is 1.29 bits per heavy atom. The molecule has 7 nitrogen and oxygen atoms in total. The van der Waals surface area contributed by atoms with Gasteiger partial charge in [-0.25, -0.2) is 13.4 Å². The second-order valence-corrected chi connectivity index (χ2v) is 8.17. The van der Waals surface area contributed by atoms with E-state index in [1.165, 1.54) is 18.3 Å². The van der Waals surface area contributed by atoms with Crippen LogP contribution in [-0.4, -0.2) is 18.6 Å². The van der Waals surface area contributed by atoms with Crippen LogP contribution >= 0.6 is 11.3 Å². The molecule has 0 aliphatic heterocycles. The average Bonchev–Trinajstić information content (AvgIpc) is 2.82. The summed E-state index contributed by atoms with van der Waals surface area (Å²) in [7, 11) is -3.85. The van der Waals surface area contributed by atoms with E-state index in [4.69, 9.17) is 10.3 Å². The maximum Gasteiger partial charge on any atom is 0.248 e. The number of hydrogen-bond donors (Lipinski definition) is 2. The summed E-state index contributed by atoms with van der Waals surface area (Å²) < 4.78 is 32.4. The molecule has 21 heavy (non-hydrogen) atoms. The van der Waals surface area contributed by atoms with Gasteiger partial charge in [0, 0.05) is 4.88 Å². The average molecular weight is 330 g/mol. The highest BCUT2D eigenvalue weighted by Crippen LogP contribution is 2.30. The molecule has 0 saturated carbocycles. The smallest absolute Gasteiger partial charge is 0.248 e. The second kappa shape index (κ2) is 5.08. The third-order valence-corrected chi connectivity index (χ3v) is 6.26. The first kappa shape index (κ1) is 15.9. The Kier molecular flexibility index (Phi) is 3.85. The van der Waals surface area contributed by atoms with Gasteiger partial charge in [-0.1, -0.05) is 5.16 Å². The Balaban J connectivity index is 2.40. The molecule has 3 N–H and O–H groups in total. The van der Waals surface area contributed by atoms with Crippen molar-refractivity contribution in [2.24, 2.45) is 0 Å². The molecule has 0 aliphatic rings. The van der Waals surface area contributed by atoms with E-state index >= 15 is 0 Å². The van der Waals surface area contributed by atoms with Crippen molar-refractivity contribution in [3.05, 3.63) is 21.3 Å². The Bertz CT molecular complexity index is 736. The molecule has 0 fully saturated rings. The lowest BCUT2D eigenvalue weighted by Gasteiger charge is -2.23. The lowest BCUT2D eigenvalue weighted by molar-refractivity contribution is 0.396. The minimum Gasteiger partial charge on any atom is -0.380 e. The summed E-state index contributed by atoms with van der Waals surface area (Å²) in [4.78, 5) is 5.34. The van der Waals surface area contributed by atoms with E-state index in [1.807, 2.05) is 13.8 Å². The summed E-state index contributed by atoms with van der Waals surface area (Å²) >= 11 is 1.46. The van der Waals surface area contributed by atoms with Gasteiger partial charge in [0.15, 0.2) is 16.5 Å². The van der Waals surface area contributed by atoms with Gasteiger partial charge >= 0.3 is 0 Å². The van der Waals surface area contributed by atoms with Crippen molar-refractivity contribution in [1.29, 1.82) is 0 Å². The fourth-order valence-electron chi connectivity index (χ4n) is 1.88. The van der Waals surface area contributed by atoms with Crippen LogP contribution in [0.4, 0.5) is 5.82 Å². The monoisotopic (exact) mass is 330 g/mol. The molecule has 0 spiro atoms. The Labute approximate surface area is 127 Å². The van der Waals surface area contributed by atoms with E-state index in [2.05, 4.69) is 14.9 Å². The zero-order valence-corrected chi connectivity index (χ0v) is 14.1. The van der Waals surface area contributed by atoms with Gasteiger partial charge in [0.2, 0.25) is 10.0 Å². The summed E-state index contributed by atoms with van der Waals surface area (Å²) in [6.07, 6.45) is 0. The van der Waals surface area contributed by atoms with Crippen molar-refractivity contribution in [2.45, 2.75) is 45.1 Å². The summed E-state index contributed by atoms with van der Waals surface area (Å²) in [6.45, 7) is 8.84. The molecule has 0 aliphatic carbocycles. The van der Waals surface area contributed by atoms with Crippen LogP contribution in [-0.2, 0) is 15.6 Å². The van der Waals surface area contributed by atoms with E-state index in [0.29, 0.717) is 5.01 Å². The van der Waals surface area contributed by atoms with Gasteiger partial charge in [0.25, 0.3) is 0 Å². The van der Waals surface area contributed by atoms with Crippen LogP contribution in [0.3, 0.4) is 0 Å². The molecule has 0 unspecified atom stereocenters. The largest absolute Gasteiger partial charge is 0.380 e. The lowest BCUT2D eigenvalue weighted by atomic mass is 10.1. The molecule has 116 valence electrons. The van der Waals surface area contributed by atoms with Crippen LogP contribution in [0.5, 0.6) is 0 Å². The number of nitrogen functional groups attached to an aromatic ring is 1. The lowest BCUT2D eigenvalue weighted by Crippen LogP contribution is -2.41. The summed E-state index contributed by atoms with van der Waals surface area (Å²) in [6, 6.07) is 0. The number of anilines is 1. The Morgan fingerprint density at radius 2 is 1.90 bits per heavy atom. The van der Waals surface area contributed by atoms with Crippen LogP contribution in [0.1, 0.15) is 35.2 Å². The molecule has 2 aromatic rings. The fourth-order valence-corrected chi connectivity index (χ4v) is 4.51. The number of nitrogens with one attached hydrogen (secondary N) is 1. The molecule has 0 atom stereocenters. The Hall–Kier alpha value is -1.45. The van der Waals surface area contributed by atoms with Gasteiger partial charge in [0.05, 0.1) is 11.2 Å². The normalized spacial score (nSPS) is 12.8. The first-order chi connectivity index (χ1) is 9.54. The predicted octanol–water partition coefficient (Wildman–Crippen LogP) is 1.85. The van der Waals surface area contributed by atoms with Crippen LogP contribution < -0.4 is 10.5 Å². The maximum atomic E-state index is 12.5. The molecule has 0 amide bonds. The van der Waals surface area contributed by atoms with Gasteiger partial charge in [-0.3, -0.25) is 0 Å². The summed E-state index contributed by atoms with van der Waals surface area (Å²) in [5.74, 6) is 0.00426. The number of nitrogens with zero attached hydrogens (tertiary/aromatic N) is 2. The van der Waals surface area contributed by atoms with Crippen molar-refractivity contribution in [1.82, 2.24) is 14.9 Å².